The van der Waals surface area contributed by atoms with E-state index in [0.717, 1.165) is 36.9 Å². The molecular formula is C24H29N9O. The lowest BCUT2D eigenvalue weighted by molar-refractivity contribution is 0.0995. The maximum atomic E-state index is 12.0. The van der Waals surface area contributed by atoms with Crippen LogP contribution in [-0.4, -0.2) is 39.4 Å². The summed E-state index contributed by atoms with van der Waals surface area (Å²) in [5, 5.41) is 25.7. The van der Waals surface area contributed by atoms with Crippen LogP contribution in [0, 0.1) is 5.41 Å². The highest BCUT2D eigenvalue weighted by Crippen LogP contribution is 2.27. The third kappa shape index (κ3) is 5.46. The number of benzene rings is 2. The van der Waals surface area contributed by atoms with E-state index in [0.29, 0.717) is 17.8 Å². The number of amides is 1. The van der Waals surface area contributed by atoms with Gasteiger partial charge in [-0.25, -0.2) is 0 Å². The molecule has 1 fully saturated rings. The van der Waals surface area contributed by atoms with Crippen LogP contribution in [0.15, 0.2) is 48.5 Å². The highest BCUT2D eigenvalue weighted by atomic mass is 16.1. The Kier molecular flexibility index (Phi) is 7.28. The highest BCUT2D eigenvalue weighted by molar-refractivity contribution is 5.98. The molecule has 8 N–H and O–H groups in total. The largest absolute Gasteiger partial charge is 0.380 e. The van der Waals surface area contributed by atoms with Crippen molar-refractivity contribution < 1.29 is 4.79 Å². The van der Waals surface area contributed by atoms with Crippen LogP contribution in [0.4, 0.5) is 23.1 Å². The van der Waals surface area contributed by atoms with Gasteiger partial charge in [0.1, 0.15) is 0 Å². The summed E-state index contributed by atoms with van der Waals surface area (Å²) in [6, 6.07) is 15.5. The van der Waals surface area contributed by atoms with Crippen molar-refractivity contribution in [2.75, 3.05) is 16.0 Å². The monoisotopic (exact) mass is 459 g/mol. The van der Waals surface area contributed by atoms with E-state index in [1.807, 2.05) is 42.5 Å². The second-order valence-electron chi connectivity index (χ2n) is 8.27. The molecule has 4 rings (SSSR count). The van der Waals surface area contributed by atoms with Crippen LogP contribution in [0.3, 0.4) is 0 Å². The van der Waals surface area contributed by atoms with Gasteiger partial charge in [0.15, 0.2) is 11.5 Å². The summed E-state index contributed by atoms with van der Waals surface area (Å²) in [5.41, 5.74) is 14.7. The highest BCUT2D eigenvalue weighted by Gasteiger charge is 2.24. The maximum Gasteiger partial charge on any atom is 0.273 e. The summed E-state index contributed by atoms with van der Waals surface area (Å²) in [7, 11) is 0. The quantitative estimate of drug-likeness (QED) is 0.265. The van der Waals surface area contributed by atoms with Crippen molar-refractivity contribution in [1.29, 1.82) is 5.41 Å². The Bertz CT molecular complexity index is 1150. The fourth-order valence-electron chi connectivity index (χ4n) is 4.05. The first-order valence-corrected chi connectivity index (χ1v) is 11.3. The van der Waals surface area contributed by atoms with Crippen LogP contribution in [0.1, 0.15) is 47.3 Å². The summed E-state index contributed by atoms with van der Waals surface area (Å²) < 4.78 is 0. The summed E-state index contributed by atoms with van der Waals surface area (Å²) in [6.07, 6.45) is 5.27. The summed E-state index contributed by atoms with van der Waals surface area (Å²) in [5.74, 6) is -0.319. The van der Waals surface area contributed by atoms with E-state index in [4.69, 9.17) is 16.9 Å². The van der Waals surface area contributed by atoms with E-state index in [2.05, 4.69) is 31.1 Å². The second kappa shape index (κ2) is 10.7. The third-order valence-electron chi connectivity index (χ3n) is 5.88. The lowest BCUT2D eigenvalue weighted by Crippen LogP contribution is -2.43. The zero-order chi connectivity index (χ0) is 23.9. The molecule has 0 saturated heterocycles. The van der Waals surface area contributed by atoms with Gasteiger partial charge in [-0.15, -0.1) is 10.2 Å². The number of hydrogen-bond acceptors (Lipinski definition) is 9. The smallest absolute Gasteiger partial charge is 0.273 e. The molecule has 1 aliphatic carbocycles. The van der Waals surface area contributed by atoms with Crippen molar-refractivity contribution in [2.45, 2.75) is 44.3 Å². The zero-order valence-corrected chi connectivity index (χ0v) is 18.8. The molecule has 0 radical (unpaired) electrons. The molecule has 10 heteroatoms. The zero-order valence-electron chi connectivity index (χ0n) is 18.8. The Labute approximate surface area is 198 Å². The van der Waals surface area contributed by atoms with Gasteiger partial charge < -0.3 is 32.8 Å². The molecule has 34 heavy (non-hydrogen) atoms. The normalized spacial score (nSPS) is 17.6. The molecule has 3 aromatic rings. The molecule has 2 atom stereocenters. The van der Waals surface area contributed by atoms with Crippen LogP contribution in [0.25, 0.3) is 0 Å². The van der Waals surface area contributed by atoms with Crippen LogP contribution in [0.2, 0.25) is 0 Å². The Balaban J connectivity index is 1.59. The molecule has 176 valence electrons. The predicted octanol–water partition coefficient (Wildman–Crippen LogP) is 3.01. The number of nitrogens with one attached hydrogen (secondary N) is 4. The average molecular weight is 460 g/mol. The number of hydrogen-bond donors (Lipinski definition) is 6. The topological polar surface area (TPSA) is 168 Å². The van der Waals surface area contributed by atoms with Crippen molar-refractivity contribution in [1.82, 2.24) is 15.2 Å². The van der Waals surface area contributed by atoms with Gasteiger partial charge in [-0.2, -0.15) is 4.98 Å². The third-order valence-corrected chi connectivity index (χ3v) is 5.88. The number of carbonyl (C=O) groups excluding carboxylic acids is 1. The summed E-state index contributed by atoms with van der Waals surface area (Å²) in [6.45, 7) is 0.600. The Morgan fingerprint density at radius 1 is 1.06 bits per heavy atom. The molecule has 2 aromatic carbocycles. The fraction of sp³-hybridized carbons (Fsp3) is 0.292. The van der Waals surface area contributed by atoms with Gasteiger partial charge in [0, 0.05) is 36.1 Å². The van der Waals surface area contributed by atoms with Gasteiger partial charge >= 0.3 is 0 Å². The Morgan fingerprint density at radius 3 is 2.56 bits per heavy atom. The first-order valence-electron chi connectivity index (χ1n) is 11.3. The molecule has 0 spiro atoms. The minimum atomic E-state index is -0.752. The van der Waals surface area contributed by atoms with Gasteiger partial charge in [-0.1, -0.05) is 49.2 Å². The minimum absolute atomic E-state index is 0.00136. The van der Waals surface area contributed by atoms with E-state index in [-0.39, 0.29) is 29.5 Å². The second-order valence-corrected chi connectivity index (χ2v) is 8.27. The molecule has 1 aliphatic rings. The number of carbonyl (C=O) groups is 1. The summed E-state index contributed by atoms with van der Waals surface area (Å²) >= 11 is 0. The molecular weight excluding hydrogens is 430 g/mol. The van der Waals surface area contributed by atoms with Crippen molar-refractivity contribution in [3.63, 3.8) is 0 Å². The fourth-order valence-corrected chi connectivity index (χ4v) is 4.05. The van der Waals surface area contributed by atoms with Crippen LogP contribution < -0.4 is 27.4 Å². The lowest BCUT2D eigenvalue weighted by atomic mass is 9.91. The van der Waals surface area contributed by atoms with Crippen LogP contribution in [0.5, 0.6) is 0 Å². The number of rotatable bonds is 9. The van der Waals surface area contributed by atoms with Crippen molar-refractivity contribution in [3.05, 3.63) is 65.4 Å². The van der Waals surface area contributed by atoms with E-state index in [9.17, 15) is 4.79 Å². The standard InChI is InChI=1S/C24H29N9O/c25-13-16-18(28-14-15-7-2-1-3-8-15)11-6-12-19(16)29-23-21(22(27)34)32-33-24(31-23)30-20-10-5-4-9-17(20)26/h1-3,6-8,11-13,17,20,25,28H,4-5,9-10,14,26H2,(H2,27,34)(H2,29,30,31,33)/t17-,20+/m0/s1. The van der Waals surface area contributed by atoms with Gasteiger partial charge in [-0.05, 0) is 30.5 Å². The van der Waals surface area contributed by atoms with Gasteiger partial charge in [0.05, 0.1) is 5.69 Å². The molecule has 1 saturated carbocycles. The number of nitrogens with two attached hydrogens (primary N) is 2. The average Bonchev–Trinajstić information content (AvgIpc) is 2.85. The first kappa shape index (κ1) is 23.1. The van der Waals surface area contributed by atoms with Crippen LogP contribution >= 0.6 is 0 Å². The van der Waals surface area contributed by atoms with Crippen molar-refractivity contribution >= 4 is 35.3 Å². The van der Waals surface area contributed by atoms with E-state index in [1.54, 1.807) is 6.07 Å². The van der Waals surface area contributed by atoms with Crippen molar-refractivity contribution in [2.24, 2.45) is 11.5 Å². The van der Waals surface area contributed by atoms with Gasteiger partial charge in [-0.3, -0.25) is 4.79 Å². The number of anilines is 4. The Hall–Kier alpha value is -4.05. The SMILES string of the molecule is N=Cc1c(NCc2ccccc2)cccc1Nc1nc(N[C@@H]2CCCC[C@@H]2N)nnc1C(N)=O. The molecule has 0 bridgehead atoms. The molecule has 10 nitrogen and oxygen atoms in total. The Morgan fingerprint density at radius 2 is 1.82 bits per heavy atom. The lowest BCUT2D eigenvalue weighted by Gasteiger charge is -2.29. The van der Waals surface area contributed by atoms with Gasteiger partial charge in [0.25, 0.3) is 5.91 Å². The van der Waals surface area contributed by atoms with Crippen molar-refractivity contribution in [3.8, 4) is 0 Å². The molecule has 1 aromatic heterocycles. The molecule has 0 aliphatic heterocycles. The minimum Gasteiger partial charge on any atom is -0.380 e. The predicted molar refractivity (Wildman–Crippen MR) is 134 cm³/mol. The first-order chi connectivity index (χ1) is 16.5. The van der Waals surface area contributed by atoms with Gasteiger partial charge in [0.2, 0.25) is 5.95 Å². The maximum absolute atomic E-state index is 12.0. The number of primary amides is 1. The number of nitrogens with zero attached hydrogens (tertiary/aromatic N) is 3. The van der Waals surface area contributed by atoms with E-state index >= 15 is 0 Å². The molecule has 1 amide bonds. The van der Waals surface area contributed by atoms with E-state index in [1.165, 1.54) is 6.21 Å². The van der Waals surface area contributed by atoms with E-state index < -0.39 is 5.91 Å². The molecule has 0 unspecified atom stereocenters. The summed E-state index contributed by atoms with van der Waals surface area (Å²) in [4.78, 5) is 16.5. The van der Waals surface area contributed by atoms with Crippen LogP contribution in [-0.2, 0) is 6.54 Å². The molecule has 1 heterocycles. The number of aromatic nitrogens is 3.